The molecule has 1 fully saturated rings. The summed E-state index contributed by atoms with van der Waals surface area (Å²) in [7, 11) is 0. The first kappa shape index (κ1) is 8.97. The molecule has 1 unspecified atom stereocenters. The molecule has 1 atom stereocenters. The van der Waals surface area contributed by atoms with E-state index in [-0.39, 0.29) is 11.9 Å². The zero-order chi connectivity index (χ0) is 8.32. The van der Waals surface area contributed by atoms with E-state index in [1.807, 2.05) is 0 Å². The van der Waals surface area contributed by atoms with Gasteiger partial charge < -0.3 is 15.2 Å². The van der Waals surface area contributed by atoms with Gasteiger partial charge >= 0.3 is 0 Å². The minimum absolute atomic E-state index is 0.106. The van der Waals surface area contributed by atoms with Crippen molar-refractivity contribution in [3.8, 4) is 0 Å². The van der Waals surface area contributed by atoms with Crippen LogP contribution in [0.15, 0.2) is 0 Å². The van der Waals surface area contributed by atoms with Gasteiger partial charge in [-0.15, -0.1) is 0 Å². The van der Waals surface area contributed by atoms with Gasteiger partial charge in [-0.1, -0.05) is 13.8 Å². The van der Waals surface area contributed by atoms with Crippen molar-refractivity contribution in [2.45, 2.75) is 38.6 Å². The van der Waals surface area contributed by atoms with Crippen LogP contribution in [0.5, 0.6) is 0 Å². The van der Waals surface area contributed by atoms with Crippen LogP contribution in [-0.4, -0.2) is 25.0 Å². The van der Waals surface area contributed by atoms with Crippen LogP contribution in [0.2, 0.25) is 0 Å². The topological polar surface area (TPSA) is 44.5 Å². The Morgan fingerprint density at radius 1 is 1.45 bits per heavy atom. The average molecular weight is 159 g/mol. The van der Waals surface area contributed by atoms with E-state index < -0.39 is 0 Å². The molecule has 1 rings (SSSR count). The van der Waals surface area contributed by atoms with Gasteiger partial charge in [-0.3, -0.25) is 0 Å². The summed E-state index contributed by atoms with van der Waals surface area (Å²) in [5.41, 5.74) is 5.46. The van der Waals surface area contributed by atoms with Gasteiger partial charge in [0.05, 0.1) is 12.7 Å². The van der Waals surface area contributed by atoms with Crippen LogP contribution in [-0.2, 0) is 9.47 Å². The Labute approximate surface area is 67.9 Å². The van der Waals surface area contributed by atoms with Crippen molar-refractivity contribution in [1.82, 2.24) is 0 Å². The predicted molar refractivity (Wildman–Crippen MR) is 43.2 cm³/mol. The Balaban J connectivity index is 2.48. The summed E-state index contributed by atoms with van der Waals surface area (Å²) in [5, 5.41) is 0. The van der Waals surface area contributed by atoms with E-state index in [1.165, 1.54) is 0 Å². The molecule has 0 radical (unpaired) electrons. The molecule has 0 saturated carbocycles. The number of nitrogens with two attached hydrogens (primary N) is 1. The van der Waals surface area contributed by atoms with E-state index in [0.717, 1.165) is 12.8 Å². The molecule has 0 bridgehead atoms. The van der Waals surface area contributed by atoms with Crippen molar-refractivity contribution < 1.29 is 9.47 Å². The van der Waals surface area contributed by atoms with Crippen molar-refractivity contribution in [2.75, 3.05) is 13.2 Å². The highest BCUT2D eigenvalue weighted by Crippen LogP contribution is 2.29. The highest BCUT2D eigenvalue weighted by Gasteiger charge is 2.37. The maximum Gasteiger partial charge on any atom is 0.168 e. The van der Waals surface area contributed by atoms with E-state index in [0.29, 0.717) is 13.2 Å². The Morgan fingerprint density at radius 2 is 2.09 bits per heavy atom. The second-order valence-electron chi connectivity index (χ2n) is 2.90. The molecule has 0 aromatic heterocycles. The van der Waals surface area contributed by atoms with E-state index in [4.69, 9.17) is 15.2 Å². The lowest BCUT2D eigenvalue weighted by Gasteiger charge is -2.24. The molecule has 66 valence electrons. The van der Waals surface area contributed by atoms with Crippen molar-refractivity contribution >= 4 is 0 Å². The Bertz CT molecular complexity index is 123. The van der Waals surface area contributed by atoms with Crippen LogP contribution in [0, 0.1) is 0 Å². The summed E-state index contributed by atoms with van der Waals surface area (Å²) in [6.07, 6.45) is 1.91. The summed E-state index contributed by atoms with van der Waals surface area (Å²) in [6, 6.07) is 0. The SMILES string of the molecule is CCC1(CC)OCC(CN)O1. The summed E-state index contributed by atoms with van der Waals surface area (Å²) in [4.78, 5) is 0. The van der Waals surface area contributed by atoms with Gasteiger partial charge in [0, 0.05) is 6.54 Å². The monoisotopic (exact) mass is 159 g/mol. The van der Waals surface area contributed by atoms with Gasteiger partial charge in [0.2, 0.25) is 0 Å². The molecule has 0 amide bonds. The largest absolute Gasteiger partial charge is 0.347 e. The molecule has 1 aliphatic heterocycles. The maximum atomic E-state index is 5.65. The number of hydrogen-bond donors (Lipinski definition) is 1. The average Bonchev–Trinajstić information content (AvgIpc) is 2.49. The minimum atomic E-state index is -0.329. The fraction of sp³-hybridized carbons (Fsp3) is 1.00. The standard InChI is InChI=1S/C8H17NO2/c1-3-8(4-2)10-6-7(5-9)11-8/h7H,3-6,9H2,1-2H3. The molecule has 0 aliphatic carbocycles. The molecule has 3 nitrogen and oxygen atoms in total. The minimum Gasteiger partial charge on any atom is -0.347 e. The van der Waals surface area contributed by atoms with Crippen LogP contribution < -0.4 is 5.73 Å². The van der Waals surface area contributed by atoms with Crippen molar-refractivity contribution in [3.63, 3.8) is 0 Å². The Hall–Kier alpha value is -0.120. The first-order valence-electron chi connectivity index (χ1n) is 4.28. The summed E-state index contributed by atoms with van der Waals surface area (Å²) < 4.78 is 11.2. The molecule has 1 saturated heterocycles. The molecule has 0 aromatic rings. The third-order valence-electron chi connectivity index (χ3n) is 2.25. The second kappa shape index (κ2) is 3.52. The fourth-order valence-electron chi connectivity index (χ4n) is 1.35. The zero-order valence-electron chi connectivity index (χ0n) is 7.30. The molecule has 1 heterocycles. The van der Waals surface area contributed by atoms with Crippen LogP contribution in [0.1, 0.15) is 26.7 Å². The first-order valence-corrected chi connectivity index (χ1v) is 4.28. The van der Waals surface area contributed by atoms with Gasteiger partial charge in [0.15, 0.2) is 5.79 Å². The molecular weight excluding hydrogens is 142 g/mol. The lowest BCUT2D eigenvalue weighted by atomic mass is 10.1. The van der Waals surface area contributed by atoms with E-state index in [9.17, 15) is 0 Å². The third-order valence-corrected chi connectivity index (χ3v) is 2.25. The summed E-state index contributed by atoms with van der Waals surface area (Å²) in [6.45, 7) is 5.35. The predicted octanol–water partition coefficient (Wildman–Crippen LogP) is 0.877. The van der Waals surface area contributed by atoms with E-state index in [1.54, 1.807) is 0 Å². The normalized spacial score (nSPS) is 29.2. The van der Waals surface area contributed by atoms with Gasteiger partial charge in [-0.05, 0) is 12.8 Å². The second-order valence-corrected chi connectivity index (χ2v) is 2.90. The molecule has 3 heteroatoms. The van der Waals surface area contributed by atoms with Crippen molar-refractivity contribution in [3.05, 3.63) is 0 Å². The Kier molecular flexibility index (Phi) is 2.87. The van der Waals surface area contributed by atoms with Gasteiger partial charge in [-0.25, -0.2) is 0 Å². The smallest absolute Gasteiger partial charge is 0.168 e. The molecule has 11 heavy (non-hydrogen) atoms. The number of ether oxygens (including phenoxy) is 2. The van der Waals surface area contributed by atoms with Gasteiger partial charge in [0.1, 0.15) is 0 Å². The van der Waals surface area contributed by atoms with Crippen LogP contribution in [0.3, 0.4) is 0 Å². The van der Waals surface area contributed by atoms with Gasteiger partial charge in [0.25, 0.3) is 0 Å². The Morgan fingerprint density at radius 3 is 2.36 bits per heavy atom. The molecule has 0 spiro atoms. The van der Waals surface area contributed by atoms with Crippen LogP contribution in [0.4, 0.5) is 0 Å². The summed E-state index contributed by atoms with van der Waals surface area (Å²) >= 11 is 0. The number of hydrogen-bond acceptors (Lipinski definition) is 3. The first-order chi connectivity index (χ1) is 5.26. The molecule has 0 aromatic carbocycles. The quantitative estimate of drug-likeness (QED) is 0.664. The maximum absolute atomic E-state index is 5.65. The molecule has 1 aliphatic rings. The highest BCUT2D eigenvalue weighted by molar-refractivity contribution is 4.76. The lowest BCUT2D eigenvalue weighted by Crippen LogP contribution is -2.30. The molecular formula is C8H17NO2. The van der Waals surface area contributed by atoms with Crippen molar-refractivity contribution in [1.29, 1.82) is 0 Å². The number of rotatable bonds is 3. The van der Waals surface area contributed by atoms with E-state index >= 15 is 0 Å². The fourth-order valence-corrected chi connectivity index (χ4v) is 1.35. The lowest BCUT2D eigenvalue weighted by molar-refractivity contribution is -0.170. The van der Waals surface area contributed by atoms with Crippen LogP contribution in [0.25, 0.3) is 0 Å². The van der Waals surface area contributed by atoms with Crippen LogP contribution >= 0.6 is 0 Å². The van der Waals surface area contributed by atoms with E-state index in [2.05, 4.69) is 13.8 Å². The zero-order valence-corrected chi connectivity index (χ0v) is 7.30. The highest BCUT2D eigenvalue weighted by atomic mass is 16.7. The van der Waals surface area contributed by atoms with Crippen molar-refractivity contribution in [2.24, 2.45) is 5.73 Å². The van der Waals surface area contributed by atoms with Gasteiger partial charge in [-0.2, -0.15) is 0 Å². The molecule has 2 N–H and O–H groups in total. The third kappa shape index (κ3) is 1.72. The summed E-state index contributed by atoms with van der Waals surface area (Å²) in [5.74, 6) is -0.329.